The Hall–Kier alpha value is -0.590. The Morgan fingerprint density at radius 3 is 2.82 bits per heavy atom. The Kier molecular flexibility index (Phi) is 2.86. The van der Waals surface area contributed by atoms with Crippen molar-refractivity contribution in [2.45, 2.75) is 39.5 Å². The van der Waals surface area contributed by atoms with Crippen molar-refractivity contribution in [3.8, 4) is 0 Å². The number of hydrogen-bond donors (Lipinski definition) is 0. The van der Waals surface area contributed by atoms with Crippen LogP contribution < -0.4 is 0 Å². The first-order valence-electron chi connectivity index (χ1n) is 4.49. The highest BCUT2D eigenvalue weighted by Gasteiger charge is 2.21. The summed E-state index contributed by atoms with van der Waals surface area (Å²) < 4.78 is 0. The number of Topliss-reactive ketones (excluding diaryl/α,β-unsaturated/α-hetero) is 1. The van der Waals surface area contributed by atoms with Crippen molar-refractivity contribution in [3.63, 3.8) is 0 Å². The molecule has 0 fully saturated rings. The largest absolute Gasteiger partial charge is 0.294 e. The molecular weight excluding hydrogens is 136 g/mol. The highest BCUT2D eigenvalue weighted by molar-refractivity contribution is 5.99. The van der Waals surface area contributed by atoms with E-state index in [1.807, 2.05) is 6.92 Å². The number of ketones is 1. The smallest absolute Gasteiger partial charge is 0.161 e. The lowest BCUT2D eigenvalue weighted by molar-refractivity contribution is -0.118. The third-order valence-electron chi connectivity index (χ3n) is 2.28. The van der Waals surface area contributed by atoms with Crippen LogP contribution in [0.15, 0.2) is 11.6 Å². The maximum atomic E-state index is 11.3. The molecule has 11 heavy (non-hydrogen) atoms. The molecule has 1 atom stereocenters. The molecule has 1 aliphatic carbocycles. The van der Waals surface area contributed by atoms with Crippen molar-refractivity contribution in [2.24, 2.45) is 5.92 Å². The van der Waals surface area contributed by atoms with Crippen molar-refractivity contribution in [1.82, 2.24) is 0 Å². The maximum Gasteiger partial charge on any atom is 0.161 e. The lowest BCUT2D eigenvalue weighted by Gasteiger charge is -2.00. The molecule has 0 radical (unpaired) electrons. The van der Waals surface area contributed by atoms with E-state index in [4.69, 9.17) is 0 Å². The van der Waals surface area contributed by atoms with Crippen LogP contribution in [0, 0.1) is 5.92 Å². The van der Waals surface area contributed by atoms with E-state index in [0.717, 1.165) is 24.8 Å². The van der Waals surface area contributed by atoms with Crippen molar-refractivity contribution in [3.05, 3.63) is 11.6 Å². The Labute approximate surface area is 68.5 Å². The van der Waals surface area contributed by atoms with E-state index in [9.17, 15) is 4.79 Å². The number of carbonyl (C=O) groups excluding carboxylic acids is 1. The topological polar surface area (TPSA) is 17.1 Å². The van der Waals surface area contributed by atoms with Gasteiger partial charge in [0.2, 0.25) is 0 Å². The molecule has 0 saturated carbocycles. The second kappa shape index (κ2) is 3.70. The number of carbonyl (C=O) groups is 1. The monoisotopic (exact) mass is 152 g/mol. The minimum absolute atomic E-state index is 0.266. The van der Waals surface area contributed by atoms with E-state index < -0.39 is 0 Å². The molecule has 0 spiro atoms. The Morgan fingerprint density at radius 1 is 1.64 bits per heavy atom. The van der Waals surface area contributed by atoms with Gasteiger partial charge < -0.3 is 0 Å². The Morgan fingerprint density at radius 2 is 2.36 bits per heavy atom. The molecule has 1 unspecified atom stereocenters. The molecule has 0 heterocycles. The molecule has 0 bridgehead atoms. The molecule has 1 heteroatoms. The molecule has 1 aliphatic rings. The number of rotatable bonds is 3. The van der Waals surface area contributed by atoms with Crippen LogP contribution in [-0.4, -0.2) is 5.78 Å². The summed E-state index contributed by atoms with van der Waals surface area (Å²) in [4.78, 5) is 11.3. The summed E-state index contributed by atoms with van der Waals surface area (Å²) in [5, 5.41) is 0. The molecule has 0 aliphatic heterocycles. The minimum Gasteiger partial charge on any atom is -0.294 e. The Bertz CT molecular complexity index is 179. The van der Waals surface area contributed by atoms with Crippen LogP contribution >= 0.6 is 0 Å². The molecule has 0 amide bonds. The first-order chi connectivity index (χ1) is 5.25. The molecule has 0 N–H and O–H groups in total. The second-order valence-electron chi connectivity index (χ2n) is 3.33. The second-order valence-corrected chi connectivity index (χ2v) is 3.33. The van der Waals surface area contributed by atoms with Crippen molar-refractivity contribution >= 4 is 5.78 Å². The van der Waals surface area contributed by atoms with Crippen LogP contribution in [0.5, 0.6) is 0 Å². The van der Waals surface area contributed by atoms with Gasteiger partial charge in [0.25, 0.3) is 0 Å². The SMILES string of the molecule is CCCCC1=CCC(C)C1=O. The summed E-state index contributed by atoms with van der Waals surface area (Å²) in [5.74, 6) is 0.653. The Balaban J connectivity index is 2.41. The molecule has 0 aromatic heterocycles. The molecule has 62 valence electrons. The van der Waals surface area contributed by atoms with Gasteiger partial charge in [-0.1, -0.05) is 26.3 Å². The zero-order chi connectivity index (χ0) is 8.27. The van der Waals surface area contributed by atoms with Crippen LogP contribution in [0.2, 0.25) is 0 Å². The average molecular weight is 152 g/mol. The summed E-state index contributed by atoms with van der Waals surface area (Å²) in [5.41, 5.74) is 1.08. The lowest BCUT2D eigenvalue weighted by Crippen LogP contribution is -2.05. The fourth-order valence-corrected chi connectivity index (χ4v) is 1.44. The van der Waals surface area contributed by atoms with Gasteiger partial charge in [0, 0.05) is 5.92 Å². The van der Waals surface area contributed by atoms with Crippen molar-refractivity contribution < 1.29 is 4.79 Å². The third-order valence-corrected chi connectivity index (χ3v) is 2.28. The van der Waals surface area contributed by atoms with E-state index in [0.29, 0.717) is 5.78 Å². The van der Waals surface area contributed by atoms with E-state index in [2.05, 4.69) is 13.0 Å². The van der Waals surface area contributed by atoms with Crippen LogP contribution in [0.3, 0.4) is 0 Å². The van der Waals surface area contributed by atoms with Gasteiger partial charge in [-0.05, 0) is 24.8 Å². The van der Waals surface area contributed by atoms with E-state index in [1.165, 1.54) is 6.42 Å². The first kappa shape index (κ1) is 8.51. The molecule has 1 rings (SSSR count). The quantitative estimate of drug-likeness (QED) is 0.607. The van der Waals surface area contributed by atoms with Gasteiger partial charge in [0.15, 0.2) is 5.78 Å². The van der Waals surface area contributed by atoms with E-state index >= 15 is 0 Å². The number of hydrogen-bond acceptors (Lipinski definition) is 1. The van der Waals surface area contributed by atoms with Gasteiger partial charge >= 0.3 is 0 Å². The predicted molar refractivity (Wildman–Crippen MR) is 46.4 cm³/mol. The fraction of sp³-hybridized carbons (Fsp3) is 0.700. The standard InChI is InChI=1S/C10H16O/c1-3-4-5-9-7-6-8(2)10(9)11/h7-8H,3-6H2,1-2H3. The summed E-state index contributed by atoms with van der Waals surface area (Å²) in [6.07, 6.45) is 6.42. The van der Waals surface area contributed by atoms with Crippen LogP contribution in [-0.2, 0) is 4.79 Å². The fourth-order valence-electron chi connectivity index (χ4n) is 1.44. The molecule has 1 nitrogen and oxygen atoms in total. The molecular formula is C10H16O. The van der Waals surface area contributed by atoms with E-state index in [1.54, 1.807) is 0 Å². The van der Waals surface area contributed by atoms with Gasteiger partial charge in [-0.15, -0.1) is 0 Å². The normalized spacial score (nSPS) is 24.0. The summed E-state index contributed by atoms with van der Waals surface area (Å²) >= 11 is 0. The number of allylic oxidation sites excluding steroid dienone is 2. The molecule has 0 aromatic carbocycles. The first-order valence-corrected chi connectivity index (χ1v) is 4.49. The van der Waals surface area contributed by atoms with Crippen LogP contribution in [0.25, 0.3) is 0 Å². The maximum absolute atomic E-state index is 11.3. The average Bonchev–Trinajstić information content (AvgIpc) is 2.31. The zero-order valence-electron chi connectivity index (χ0n) is 7.39. The molecule has 0 saturated heterocycles. The van der Waals surface area contributed by atoms with Gasteiger partial charge in [-0.2, -0.15) is 0 Å². The predicted octanol–water partition coefficient (Wildman–Crippen LogP) is 2.71. The highest BCUT2D eigenvalue weighted by Crippen LogP contribution is 2.23. The third kappa shape index (κ3) is 1.92. The van der Waals surface area contributed by atoms with Crippen molar-refractivity contribution in [2.75, 3.05) is 0 Å². The van der Waals surface area contributed by atoms with Gasteiger partial charge in [0.1, 0.15) is 0 Å². The summed E-state index contributed by atoms with van der Waals surface area (Å²) in [6, 6.07) is 0. The highest BCUT2D eigenvalue weighted by atomic mass is 16.1. The van der Waals surface area contributed by atoms with Crippen molar-refractivity contribution in [1.29, 1.82) is 0 Å². The lowest BCUT2D eigenvalue weighted by atomic mass is 10.0. The number of unbranched alkanes of at least 4 members (excludes halogenated alkanes) is 1. The summed E-state index contributed by atoms with van der Waals surface area (Å²) in [6.45, 7) is 4.17. The van der Waals surface area contributed by atoms with Crippen LogP contribution in [0.1, 0.15) is 39.5 Å². The van der Waals surface area contributed by atoms with Gasteiger partial charge in [-0.3, -0.25) is 4.79 Å². The minimum atomic E-state index is 0.266. The van der Waals surface area contributed by atoms with E-state index in [-0.39, 0.29) is 5.92 Å². The van der Waals surface area contributed by atoms with Gasteiger partial charge in [-0.25, -0.2) is 0 Å². The van der Waals surface area contributed by atoms with Gasteiger partial charge in [0.05, 0.1) is 0 Å². The zero-order valence-corrected chi connectivity index (χ0v) is 7.39. The summed E-state index contributed by atoms with van der Waals surface area (Å²) in [7, 11) is 0. The van der Waals surface area contributed by atoms with Crippen LogP contribution in [0.4, 0.5) is 0 Å². The molecule has 0 aromatic rings.